The lowest BCUT2D eigenvalue weighted by atomic mass is 10.1. The molecule has 3 aromatic carbocycles. The topological polar surface area (TPSA) is 69.0 Å². The molecule has 6 nitrogen and oxygen atoms in total. The number of nitrogens with one attached hydrogen (secondary N) is 1. The summed E-state index contributed by atoms with van der Waals surface area (Å²) in [6.07, 6.45) is 0.755. The van der Waals surface area contributed by atoms with Crippen molar-refractivity contribution in [1.29, 1.82) is 0 Å². The van der Waals surface area contributed by atoms with E-state index in [-0.39, 0.29) is 11.7 Å². The van der Waals surface area contributed by atoms with Crippen molar-refractivity contribution in [3.8, 4) is 17.1 Å². The Morgan fingerprint density at radius 3 is 2.41 bits per heavy atom. The Bertz CT molecular complexity index is 1210. The number of methoxy groups -OCH3 is 1. The Hall–Kier alpha value is -3.29. The van der Waals surface area contributed by atoms with E-state index in [0.29, 0.717) is 23.3 Å². The molecule has 0 aliphatic carbocycles. The monoisotopic (exact) mass is 492 g/mol. The van der Waals surface area contributed by atoms with Crippen molar-refractivity contribution < 1.29 is 9.53 Å². The van der Waals surface area contributed by atoms with Gasteiger partial charge in [-0.05, 0) is 53.9 Å². The fourth-order valence-electron chi connectivity index (χ4n) is 3.44. The summed E-state index contributed by atoms with van der Waals surface area (Å²) in [6.45, 7) is 1.17. The predicted octanol–water partition coefficient (Wildman–Crippen LogP) is 5.11. The standard InChI is InChI=1S/C26H25ClN4O2S/c1-33-23-13-7-19(8-14-23)15-16-28-24(32)18-34-26-30-29-25(21-9-11-22(27)12-10-21)31(26)17-20-5-3-2-4-6-20/h2-14H,15-18H2,1H3,(H,28,32). The average molecular weight is 493 g/mol. The molecule has 34 heavy (non-hydrogen) atoms. The van der Waals surface area contributed by atoms with Crippen LogP contribution in [0.15, 0.2) is 84.0 Å². The third kappa shape index (κ3) is 6.40. The van der Waals surface area contributed by atoms with Crippen molar-refractivity contribution in [3.63, 3.8) is 0 Å². The minimum atomic E-state index is -0.0409. The van der Waals surface area contributed by atoms with Gasteiger partial charge < -0.3 is 10.1 Å². The molecule has 4 aromatic rings. The summed E-state index contributed by atoms with van der Waals surface area (Å²) >= 11 is 7.43. The summed E-state index contributed by atoms with van der Waals surface area (Å²) in [5.74, 6) is 1.78. The molecule has 1 aromatic heterocycles. The predicted molar refractivity (Wildman–Crippen MR) is 136 cm³/mol. The molecule has 0 fully saturated rings. The number of nitrogens with zero attached hydrogens (tertiary/aromatic N) is 3. The minimum absolute atomic E-state index is 0.0409. The molecule has 1 heterocycles. The van der Waals surface area contributed by atoms with Gasteiger partial charge in [-0.15, -0.1) is 10.2 Å². The lowest BCUT2D eigenvalue weighted by molar-refractivity contribution is -0.118. The zero-order valence-corrected chi connectivity index (χ0v) is 20.4. The summed E-state index contributed by atoms with van der Waals surface area (Å²) in [5.41, 5.74) is 3.19. The molecule has 1 amide bonds. The smallest absolute Gasteiger partial charge is 0.230 e. The van der Waals surface area contributed by atoms with E-state index in [9.17, 15) is 4.79 Å². The second-order valence-electron chi connectivity index (χ2n) is 7.62. The molecule has 8 heteroatoms. The number of amides is 1. The molecule has 4 rings (SSSR count). The highest BCUT2D eigenvalue weighted by Crippen LogP contribution is 2.26. The molecule has 0 unspecified atom stereocenters. The highest BCUT2D eigenvalue weighted by molar-refractivity contribution is 7.99. The highest BCUT2D eigenvalue weighted by atomic mass is 35.5. The lowest BCUT2D eigenvalue weighted by Crippen LogP contribution is -2.27. The third-order valence-electron chi connectivity index (χ3n) is 5.23. The van der Waals surface area contributed by atoms with Crippen molar-refractivity contribution in [2.24, 2.45) is 0 Å². The number of carbonyl (C=O) groups is 1. The summed E-state index contributed by atoms with van der Waals surface area (Å²) in [5, 5.41) is 13.1. The Labute approximate surface area is 208 Å². The SMILES string of the molecule is COc1ccc(CCNC(=O)CSc2nnc(-c3ccc(Cl)cc3)n2Cc2ccccc2)cc1. The molecule has 0 atom stereocenters. The second kappa shape index (κ2) is 11.7. The molecular weight excluding hydrogens is 468 g/mol. The van der Waals surface area contributed by atoms with Crippen LogP contribution in [0.2, 0.25) is 5.02 Å². The van der Waals surface area contributed by atoms with E-state index in [0.717, 1.165) is 34.7 Å². The first-order valence-corrected chi connectivity index (χ1v) is 12.2. The molecule has 0 saturated heterocycles. The van der Waals surface area contributed by atoms with Gasteiger partial charge in [-0.2, -0.15) is 0 Å². The number of halogens is 1. The van der Waals surface area contributed by atoms with E-state index in [1.54, 1.807) is 7.11 Å². The van der Waals surface area contributed by atoms with Gasteiger partial charge in [0.1, 0.15) is 5.75 Å². The first-order valence-electron chi connectivity index (χ1n) is 10.9. The van der Waals surface area contributed by atoms with Crippen molar-refractivity contribution >= 4 is 29.3 Å². The van der Waals surface area contributed by atoms with Crippen molar-refractivity contribution in [1.82, 2.24) is 20.1 Å². The summed E-state index contributed by atoms with van der Waals surface area (Å²) < 4.78 is 7.21. The zero-order chi connectivity index (χ0) is 23.8. The van der Waals surface area contributed by atoms with Gasteiger partial charge in [0.05, 0.1) is 19.4 Å². The molecule has 0 spiro atoms. The van der Waals surface area contributed by atoms with Crippen molar-refractivity contribution in [3.05, 3.63) is 95.0 Å². The van der Waals surface area contributed by atoms with Crippen LogP contribution in [-0.4, -0.2) is 40.1 Å². The van der Waals surface area contributed by atoms with Crippen LogP contribution in [0.3, 0.4) is 0 Å². The largest absolute Gasteiger partial charge is 0.497 e. The van der Waals surface area contributed by atoms with Gasteiger partial charge in [-0.25, -0.2) is 0 Å². The molecule has 1 N–H and O–H groups in total. The maximum atomic E-state index is 12.5. The van der Waals surface area contributed by atoms with Crippen LogP contribution in [-0.2, 0) is 17.8 Å². The molecule has 174 valence electrons. The summed E-state index contributed by atoms with van der Waals surface area (Å²) in [6, 6.07) is 25.5. The first kappa shape index (κ1) is 23.9. The van der Waals surface area contributed by atoms with Crippen LogP contribution in [0.1, 0.15) is 11.1 Å². The van der Waals surface area contributed by atoms with Crippen LogP contribution >= 0.6 is 23.4 Å². The molecule has 0 radical (unpaired) electrons. The molecule has 0 bridgehead atoms. The van der Waals surface area contributed by atoms with E-state index in [4.69, 9.17) is 16.3 Å². The highest BCUT2D eigenvalue weighted by Gasteiger charge is 2.16. The number of rotatable bonds is 10. The van der Waals surface area contributed by atoms with Crippen LogP contribution in [0.25, 0.3) is 11.4 Å². The van der Waals surface area contributed by atoms with Gasteiger partial charge in [0.25, 0.3) is 0 Å². The lowest BCUT2D eigenvalue weighted by Gasteiger charge is -2.11. The fourth-order valence-corrected chi connectivity index (χ4v) is 4.33. The van der Waals surface area contributed by atoms with Crippen LogP contribution in [0, 0.1) is 0 Å². The second-order valence-corrected chi connectivity index (χ2v) is 9.00. The van der Waals surface area contributed by atoms with Gasteiger partial charge >= 0.3 is 0 Å². The van der Waals surface area contributed by atoms with Gasteiger partial charge in [0.15, 0.2) is 11.0 Å². The van der Waals surface area contributed by atoms with E-state index in [1.165, 1.54) is 11.8 Å². The van der Waals surface area contributed by atoms with Gasteiger partial charge in [-0.1, -0.05) is 65.8 Å². The van der Waals surface area contributed by atoms with Gasteiger partial charge in [0.2, 0.25) is 5.91 Å². The van der Waals surface area contributed by atoms with Gasteiger partial charge in [-0.3, -0.25) is 9.36 Å². The number of benzene rings is 3. The quantitative estimate of drug-likeness (QED) is 0.312. The number of hydrogen-bond acceptors (Lipinski definition) is 5. The Morgan fingerprint density at radius 2 is 1.71 bits per heavy atom. The van der Waals surface area contributed by atoms with Crippen LogP contribution in [0.4, 0.5) is 0 Å². The fraction of sp³-hybridized carbons (Fsp3) is 0.192. The number of carbonyl (C=O) groups excluding carboxylic acids is 1. The Balaban J connectivity index is 1.40. The number of aromatic nitrogens is 3. The zero-order valence-electron chi connectivity index (χ0n) is 18.8. The van der Waals surface area contributed by atoms with E-state index < -0.39 is 0 Å². The molecular formula is C26H25ClN4O2S. The molecule has 0 saturated carbocycles. The Morgan fingerprint density at radius 1 is 0.971 bits per heavy atom. The number of thioether (sulfide) groups is 1. The number of ether oxygens (including phenoxy) is 1. The normalized spacial score (nSPS) is 10.8. The third-order valence-corrected chi connectivity index (χ3v) is 6.45. The van der Waals surface area contributed by atoms with Crippen molar-refractivity contribution in [2.45, 2.75) is 18.1 Å². The average Bonchev–Trinajstić information content (AvgIpc) is 3.26. The first-order chi connectivity index (χ1) is 16.6. The van der Waals surface area contributed by atoms with Crippen molar-refractivity contribution in [2.75, 3.05) is 19.4 Å². The van der Waals surface area contributed by atoms with E-state index >= 15 is 0 Å². The Kier molecular flexibility index (Phi) is 8.22. The van der Waals surface area contributed by atoms with Gasteiger partial charge in [0, 0.05) is 17.1 Å². The molecule has 0 aliphatic rings. The maximum Gasteiger partial charge on any atom is 0.230 e. The minimum Gasteiger partial charge on any atom is -0.497 e. The van der Waals surface area contributed by atoms with Crippen LogP contribution < -0.4 is 10.1 Å². The maximum absolute atomic E-state index is 12.5. The van der Waals surface area contributed by atoms with E-state index in [2.05, 4.69) is 27.6 Å². The number of hydrogen-bond donors (Lipinski definition) is 1. The molecule has 0 aliphatic heterocycles. The van der Waals surface area contributed by atoms with E-state index in [1.807, 2.05) is 71.3 Å². The summed E-state index contributed by atoms with van der Waals surface area (Å²) in [4.78, 5) is 12.5. The van der Waals surface area contributed by atoms with Crippen LogP contribution in [0.5, 0.6) is 5.75 Å². The summed E-state index contributed by atoms with van der Waals surface area (Å²) in [7, 11) is 1.64.